The monoisotopic (exact) mass is 493 g/mol. The molecule has 0 saturated carbocycles. The Morgan fingerprint density at radius 1 is 0.919 bits per heavy atom. The Hall–Kier alpha value is -3.44. The van der Waals surface area contributed by atoms with Crippen LogP contribution in [0, 0.1) is 0 Å². The van der Waals surface area contributed by atoms with E-state index >= 15 is 0 Å². The van der Waals surface area contributed by atoms with E-state index in [9.17, 15) is 0 Å². The molecule has 37 heavy (non-hydrogen) atoms. The van der Waals surface area contributed by atoms with Crippen molar-refractivity contribution in [3.63, 3.8) is 0 Å². The van der Waals surface area contributed by atoms with Crippen molar-refractivity contribution in [2.24, 2.45) is 10.7 Å². The van der Waals surface area contributed by atoms with Gasteiger partial charge in [-0.15, -0.1) is 0 Å². The Kier molecular flexibility index (Phi) is 6.45. The molecule has 1 heterocycles. The predicted molar refractivity (Wildman–Crippen MR) is 156 cm³/mol. The molecule has 0 bridgehead atoms. The fourth-order valence-corrected chi connectivity index (χ4v) is 5.46. The average Bonchev–Trinajstić information content (AvgIpc) is 3.26. The van der Waals surface area contributed by atoms with Crippen LogP contribution in [0.5, 0.6) is 0 Å². The van der Waals surface area contributed by atoms with Crippen LogP contribution >= 0.6 is 0 Å². The van der Waals surface area contributed by atoms with Gasteiger partial charge in [-0.1, -0.05) is 58.0 Å². The van der Waals surface area contributed by atoms with Crippen molar-refractivity contribution in [2.75, 3.05) is 27.2 Å². The summed E-state index contributed by atoms with van der Waals surface area (Å²) in [6.07, 6.45) is 2.39. The maximum Gasteiger partial charge on any atom is 0.145 e. The molecule has 1 aliphatic carbocycles. The lowest BCUT2D eigenvalue weighted by Gasteiger charge is -2.42. The molecule has 0 fully saturated rings. The van der Waals surface area contributed by atoms with Gasteiger partial charge >= 0.3 is 0 Å². The van der Waals surface area contributed by atoms with Crippen molar-refractivity contribution < 1.29 is 0 Å². The molecule has 5 rings (SSSR count). The van der Waals surface area contributed by atoms with Gasteiger partial charge in [0, 0.05) is 23.4 Å². The van der Waals surface area contributed by atoms with Crippen LogP contribution < -0.4 is 5.73 Å². The lowest BCUT2D eigenvalue weighted by molar-refractivity contribution is 0.332. The first-order chi connectivity index (χ1) is 17.6. The largest absolute Gasteiger partial charge is 0.384 e. The highest BCUT2D eigenvalue weighted by Crippen LogP contribution is 2.47. The van der Waals surface area contributed by atoms with Crippen LogP contribution in [0.25, 0.3) is 28.1 Å². The molecule has 5 heteroatoms. The van der Waals surface area contributed by atoms with Gasteiger partial charge in [0.1, 0.15) is 11.7 Å². The second kappa shape index (κ2) is 9.46. The molecule has 1 aliphatic rings. The first-order valence-corrected chi connectivity index (χ1v) is 13.3. The number of para-hydroxylation sites is 1. The number of aliphatic imine (C=N–C) groups is 1. The van der Waals surface area contributed by atoms with Crippen molar-refractivity contribution in [3.8, 4) is 17.1 Å². The fraction of sp³-hybridized carbons (Fsp3) is 0.375. The maximum absolute atomic E-state index is 6.37. The highest BCUT2D eigenvalue weighted by Gasteiger charge is 2.37. The summed E-state index contributed by atoms with van der Waals surface area (Å²) < 4.78 is 2.27. The number of rotatable bonds is 6. The van der Waals surface area contributed by atoms with Gasteiger partial charge in [0.15, 0.2) is 0 Å². The number of nitrogens with two attached hydrogens (primary N) is 1. The number of nitrogens with zero attached hydrogens (tertiary/aromatic N) is 4. The average molecular weight is 494 g/mol. The van der Waals surface area contributed by atoms with Crippen molar-refractivity contribution >= 4 is 16.9 Å². The Labute approximate surface area is 221 Å². The van der Waals surface area contributed by atoms with Gasteiger partial charge in [0.2, 0.25) is 0 Å². The van der Waals surface area contributed by atoms with Crippen molar-refractivity contribution in [1.29, 1.82) is 0 Å². The van der Waals surface area contributed by atoms with Crippen LogP contribution in [-0.2, 0) is 10.8 Å². The third kappa shape index (κ3) is 4.80. The second-order valence-electron chi connectivity index (χ2n) is 11.9. The van der Waals surface area contributed by atoms with Gasteiger partial charge in [-0.25, -0.2) is 4.98 Å². The molecule has 2 N–H and O–H groups in total. The lowest BCUT2D eigenvalue weighted by atomic mass is 9.63. The summed E-state index contributed by atoms with van der Waals surface area (Å²) >= 11 is 0. The number of hydrogen-bond acceptors (Lipinski definition) is 3. The standard InChI is InChI=1S/C32H39N5/c1-31(2)16-17-32(3,4)26-20-23(12-14-25(26)31)30-35-27-21-22(29(33)34-18-19-36(5)6)13-15-28(27)37(30)24-10-8-7-9-11-24/h7-15,20-21H,16-19H2,1-6H3,(H2,33,34). The first-order valence-electron chi connectivity index (χ1n) is 13.3. The van der Waals surface area contributed by atoms with Gasteiger partial charge in [-0.2, -0.15) is 0 Å². The first kappa shape index (κ1) is 25.2. The Balaban J connectivity index is 1.67. The zero-order valence-electron chi connectivity index (χ0n) is 23.0. The highest BCUT2D eigenvalue weighted by atomic mass is 15.1. The van der Waals surface area contributed by atoms with E-state index in [1.165, 1.54) is 24.0 Å². The third-order valence-electron chi connectivity index (χ3n) is 7.91. The van der Waals surface area contributed by atoms with E-state index in [0.29, 0.717) is 12.4 Å². The summed E-state index contributed by atoms with van der Waals surface area (Å²) in [4.78, 5) is 11.9. The van der Waals surface area contributed by atoms with E-state index in [1.54, 1.807) is 0 Å². The maximum atomic E-state index is 6.37. The number of likely N-dealkylation sites (N-methyl/N-ethyl adjacent to an activating group) is 1. The number of amidine groups is 1. The molecule has 5 nitrogen and oxygen atoms in total. The predicted octanol–water partition coefficient (Wildman–Crippen LogP) is 6.31. The quantitative estimate of drug-likeness (QED) is 0.253. The smallest absolute Gasteiger partial charge is 0.145 e. The molecule has 0 saturated heterocycles. The number of hydrogen-bond donors (Lipinski definition) is 1. The molecule has 1 aromatic heterocycles. The molecule has 0 radical (unpaired) electrons. The minimum Gasteiger partial charge on any atom is -0.384 e. The third-order valence-corrected chi connectivity index (χ3v) is 7.91. The van der Waals surface area contributed by atoms with E-state index in [-0.39, 0.29) is 10.8 Å². The zero-order valence-corrected chi connectivity index (χ0v) is 23.0. The number of fused-ring (bicyclic) bond motifs is 2. The normalized spacial score (nSPS) is 16.8. The SMILES string of the molecule is CN(C)CCN=C(N)c1ccc2c(c1)nc(-c1ccc3c(c1)C(C)(C)CCC3(C)C)n2-c1ccccc1. The van der Waals surface area contributed by atoms with Gasteiger partial charge in [-0.05, 0) is 85.3 Å². The van der Waals surface area contributed by atoms with Crippen molar-refractivity contribution in [3.05, 3.63) is 83.4 Å². The number of benzene rings is 3. The molecule has 0 atom stereocenters. The van der Waals surface area contributed by atoms with E-state index < -0.39 is 0 Å². The van der Waals surface area contributed by atoms with E-state index in [0.717, 1.165) is 40.2 Å². The molecular weight excluding hydrogens is 454 g/mol. The Morgan fingerprint density at radius 2 is 1.62 bits per heavy atom. The molecule has 0 unspecified atom stereocenters. The Bertz CT molecular complexity index is 1460. The second-order valence-corrected chi connectivity index (χ2v) is 11.9. The van der Waals surface area contributed by atoms with Crippen LogP contribution in [0.4, 0.5) is 0 Å². The highest BCUT2D eigenvalue weighted by molar-refractivity contribution is 6.00. The lowest BCUT2D eigenvalue weighted by Crippen LogP contribution is -2.33. The Morgan fingerprint density at radius 3 is 2.32 bits per heavy atom. The summed E-state index contributed by atoms with van der Waals surface area (Å²) in [7, 11) is 4.08. The molecule has 4 aromatic rings. The molecular formula is C32H39N5. The summed E-state index contributed by atoms with van der Waals surface area (Å²) in [6, 6.07) is 23.7. The summed E-state index contributed by atoms with van der Waals surface area (Å²) in [5, 5.41) is 0. The molecule has 0 spiro atoms. The summed E-state index contributed by atoms with van der Waals surface area (Å²) in [5.41, 5.74) is 14.7. The van der Waals surface area contributed by atoms with Crippen LogP contribution in [0.1, 0.15) is 57.2 Å². The molecule has 192 valence electrons. The van der Waals surface area contributed by atoms with E-state index in [1.807, 2.05) is 14.1 Å². The number of aromatic nitrogens is 2. The van der Waals surface area contributed by atoms with Crippen molar-refractivity contribution in [1.82, 2.24) is 14.5 Å². The van der Waals surface area contributed by atoms with Gasteiger partial charge in [0.25, 0.3) is 0 Å². The van der Waals surface area contributed by atoms with Gasteiger partial charge < -0.3 is 10.6 Å². The summed E-state index contributed by atoms with van der Waals surface area (Å²) in [5.74, 6) is 1.50. The topological polar surface area (TPSA) is 59.4 Å². The zero-order chi connectivity index (χ0) is 26.4. The van der Waals surface area contributed by atoms with Crippen LogP contribution in [0.15, 0.2) is 71.7 Å². The summed E-state index contributed by atoms with van der Waals surface area (Å²) in [6.45, 7) is 11.0. The molecule has 0 aliphatic heterocycles. The van der Waals surface area contributed by atoms with E-state index in [4.69, 9.17) is 10.7 Å². The number of imidazole rings is 1. The van der Waals surface area contributed by atoms with Crippen molar-refractivity contribution in [2.45, 2.75) is 51.4 Å². The molecule has 3 aromatic carbocycles. The van der Waals surface area contributed by atoms with E-state index in [2.05, 4.69) is 109 Å². The van der Waals surface area contributed by atoms with Gasteiger partial charge in [0.05, 0.1) is 17.6 Å². The minimum atomic E-state index is 0.134. The van der Waals surface area contributed by atoms with Crippen LogP contribution in [0.3, 0.4) is 0 Å². The van der Waals surface area contributed by atoms with Gasteiger partial charge in [-0.3, -0.25) is 9.56 Å². The van der Waals surface area contributed by atoms with Crippen LogP contribution in [-0.4, -0.2) is 47.5 Å². The molecule has 0 amide bonds. The fourth-order valence-electron chi connectivity index (χ4n) is 5.46. The minimum absolute atomic E-state index is 0.134. The van der Waals surface area contributed by atoms with Crippen LogP contribution in [0.2, 0.25) is 0 Å².